The maximum absolute atomic E-state index is 12.1. The molecule has 110 valence electrons. The molecule has 1 N–H and O–H groups in total. The van der Waals surface area contributed by atoms with Crippen LogP contribution in [0.2, 0.25) is 0 Å². The van der Waals surface area contributed by atoms with Crippen LogP contribution in [0.3, 0.4) is 0 Å². The van der Waals surface area contributed by atoms with Gasteiger partial charge in [-0.05, 0) is 19.9 Å². The van der Waals surface area contributed by atoms with Gasteiger partial charge in [-0.15, -0.1) is 0 Å². The summed E-state index contributed by atoms with van der Waals surface area (Å²) in [7, 11) is 3.50. The SMILES string of the molecule is CC(NCCCC(=O)N(C)C)C(=O)N1CCOCC1. The van der Waals surface area contributed by atoms with E-state index in [-0.39, 0.29) is 17.9 Å². The number of nitrogens with one attached hydrogen (secondary N) is 1. The molecular formula is C13H25N3O3. The van der Waals surface area contributed by atoms with Gasteiger partial charge in [0.2, 0.25) is 11.8 Å². The van der Waals surface area contributed by atoms with Crippen molar-refractivity contribution in [3.8, 4) is 0 Å². The van der Waals surface area contributed by atoms with E-state index < -0.39 is 0 Å². The van der Waals surface area contributed by atoms with E-state index in [0.717, 1.165) is 6.42 Å². The number of carbonyl (C=O) groups excluding carboxylic acids is 2. The third-order valence-corrected chi connectivity index (χ3v) is 3.21. The molecule has 1 heterocycles. The van der Waals surface area contributed by atoms with Crippen molar-refractivity contribution < 1.29 is 14.3 Å². The Morgan fingerprint density at radius 2 is 1.95 bits per heavy atom. The van der Waals surface area contributed by atoms with Crippen LogP contribution in [0.5, 0.6) is 0 Å². The first-order valence-corrected chi connectivity index (χ1v) is 6.82. The largest absolute Gasteiger partial charge is 0.378 e. The van der Waals surface area contributed by atoms with Crippen LogP contribution in [-0.2, 0) is 14.3 Å². The van der Waals surface area contributed by atoms with Gasteiger partial charge in [-0.3, -0.25) is 9.59 Å². The van der Waals surface area contributed by atoms with Crippen LogP contribution in [0.1, 0.15) is 19.8 Å². The Hall–Kier alpha value is -1.14. The minimum absolute atomic E-state index is 0.113. The van der Waals surface area contributed by atoms with Gasteiger partial charge in [0, 0.05) is 33.6 Å². The van der Waals surface area contributed by atoms with Gasteiger partial charge in [0.25, 0.3) is 0 Å². The summed E-state index contributed by atoms with van der Waals surface area (Å²) in [6, 6.07) is -0.201. The zero-order valence-corrected chi connectivity index (χ0v) is 12.1. The zero-order valence-electron chi connectivity index (χ0n) is 12.1. The predicted octanol–water partition coefficient (Wildman–Crippen LogP) is -0.308. The highest BCUT2D eigenvalue weighted by Crippen LogP contribution is 2.01. The van der Waals surface area contributed by atoms with E-state index in [9.17, 15) is 9.59 Å². The highest BCUT2D eigenvalue weighted by molar-refractivity contribution is 5.81. The van der Waals surface area contributed by atoms with E-state index in [2.05, 4.69) is 5.32 Å². The van der Waals surface area contributed by atoms with E-state index in [1.807, 2.05) is 11.8 Å². The second kappa shape index (κ2) is 8.12. The van der Waals surface area contributed by atoms with Crippen molar-refractivity contribution >= 4 is 11.8 Å². The number of hydrogen-bond acceptors (Lipinski definition) is 4. The van der Waals surface area contributed by atoms with Gasteiger partial charge in [0.05, 0.1) is 19.3 Å². The van der Waals surface area contributed by atoms with E-state index in [0.29, 0.717) is 39.3 Å². The first kappa shape index (κ1) is 15.9. The zero-order chi connectivity index (χ0) is 14.3. The number of nitrogens with zero attached hydrogens (tertiary/aromatic N) is 2. The molecule has 1 fully saturated rings. The van der Waals surface area contributed by atoms with Crippen LogP contribution in [0.4, 0.5) is 0 Å². The lowest BCUT2D eigenvalue weighted by molar-refractivity contribution is -0.137. The van der Waals surface area contributed by atoms with Crippen molar-refractivity contribution in [2.75, 3.05) is 46.9 Å². The van der Waals surface area contributed by atoms with Crippen molar-refractivity contribution in [1.82, 2.24) is 15.1 Å². The topological polar surface area (TPSA) is 61.9 Å². The van der Waals surface area contributed by atoms with E-state index in [4.69, 9.17) is 4.74 Å². The summed E-state index contributed by atoms with van der Waals surface area (Å²) in [6.45, 7) is 5.13. The summed E-state index contributed by atoms with van der Waals surface area (Å²) in [6.07, 6.45) is 1.26. The predicted molar refractivity (Wildman–Crippen MR) is 72.8 cm³/mol. The second-order valence-electron chi connectivity index (χ2n) is 5.01. The first-order valence-electron chi connectivity index (χ1n) is 6.82. The Labute approximate surface area is 115 Å². The first-order chi connectivity index (χ1) is 9.02. The third-order valence-electron chi connectivity index (χ3n) is 3.21. The number of carbonyl (C=O) groups is 2. The summed E-state index contributed by atoms with van der Waals surface area (Å²) >= 11 is 0. The lowest BCUT2D eigenvalue weighted by atomic mass is 10.2. The average molecular weight is 271 g/mol. The van der Waals surface area contributed by atoms with Gasteiger partial charge in [-0.1, -0.05) is 0 Å². The Balaban J connectivity index is 2.17. The van der Waals surface area contributed by atoms with Crippen LogP contribution in [0, 0.1) is 0 Å². The van der Waals surface area contributed by atoms with Crippen LogP contribution in [0.25, 0.3) is 0 Å². The fourth-order valence-corrected chi connectivity index (χ4v) is 1.93. The van der Waals surface area contributed by atoms with E-state index >= 15 is 0 Å². The molecule has 2 amide bonds. The van der Waals surface area contributed by atoms with Gasteiger partial charge in [0.1, 0.15) is 0 Å². The lowest BCUT2D eigenvalue weighted by Gasteiger charge is -2.29. The molecular weight excluding hydrogens is 246 g/mol. The summed E-state index contributed by atoms with van der Waals surface area (Å²) in [5, 5.41) is 3.17. The molecule has 0 aromatic rings. The summed E-state index contributed by atoms with van der Waals surface area (Å²) in [5.41, 5.74) is 0. The number of morpholine rings is 1. The Bertz CT molecular complexity index is 302. The fraction of sp³-hybridized carbons (Fsp3) is 0.846. The van der Waals surface area contributed by atoms with Crippen LogP contribution < -0.4 is 5.32 Å². The number of hydrogen-bond donors (Lipinski definition) is 1. The molecule has 6 heteroatoms. The van der Waals surface area contributed by atoms with Gasteiger partial charge in [-0.25, -0.2) is 0 Å². The highest BCUT2D eigenvalue weighted by Gasteiger charge is 2.21. The molecule has 1 unspecified atom stereocenters. The van der Waals surface area contributed by atoms with E-state index in [1.165, 1.54) is 0 Å². The van der Waals surface area contributed by atoms with Gasteiger partial charge >= 0.3 is 0 Å². The Morgan fingerprint density at radius 3 is 2.53 bits per heavy atom. The summed E-state index contributed by atoms with van der Waals surface area (Å²) < 4.78 is 5.22. The van der Waals surface area contributed by atoms with Crippen molar-refractivity contribution in [1.29, 1.82) is 0 Å². The Kier molecular flexibility index (Phi) is 6.80. The third kappa shape index (κ3) is 5.57. The smallest absolute Gasteiger partial charge is 0.239 e. The van der Waals surface area contributed by atoms with Crippen molar-refractivity contribution in [2.24, 2.45) is 0 Å². The summed E-state index contributed by atoms with van der Waals surface area (Å²) in [4.78, 5) is 26.9. The molecule has 1 rings (SSSR count). The molecule has 0 aliphatic carbocycles. The normalized spacial score (nSPS) is 17.1. The van der Waals surface area contributed by atoms with E-state index in [1.54, 1.807) is 19.0 Å². The number of rotatable bonds is 6. The standard InChI is InChI=1S/C13H25N3O3/c1-11(13(18)16-7-9-19-10-8-16)14-6-4-5-12(17)15(2)3/h11,14H,4-10H2,1-3H3. The lowest BCUT2D eigenvalue weighted by Crippen LogP contribution is -2.49. The molecule has 0 aromatic carbocycles. The van der Waals surface area contributed by atoms with Crippen molar-refractivity contribution in [3.63, 3.8) is 0 Å². The molecule has 1 atom stereocenters. The molecule has 0 bridgehead atoms. The van der Waals surface area contributed by atoms with Gasteiger partial charge in [0.15, 0.2) is 0 Å². The highest BCUT2D eigenvalue weighted by atomic mass is 16.5. The quantitative estimate of drug-likeness (QED) is 0.673. The minimum Gasteiger partial charge on any atom is -0.378 e. The number of amides is 2. The molecule has 0 saturated carbocycles. The van der Waals surface area contributed by atoms with Crippen molar-refractivity contribution in [3.05, 3.63) is 0 Å². The molecule has 0 aromatic heterocycles. The summed E-state index contributed by atoms with van der Waals surface area (Å²) in [5.74, 6) is 0.233. The molecule has 1 aliphatic heterocycles. The minimum atomic E-state index is -0.201. The molecule has 6 nitrogen and oxygen atoms in total. The van der Waals surface area contributed by atoms with Crippen LogP contribution >= 0.6 is 0 Å². The molecule has 0 spiro atoms. The molecule has 0 radical (unpaired) electrons. The van der Waals surface area contributed by atoms with Gasteiger partial charge in [-0.2, -0.15) is 0 Å². The van der Waals surface area contributed by atoms with Crippen LogP contribution in [0.15, 0.2) is 0 Å². The van der Waals surface area contributed by atoms with Crippen LogP contribution in [-0.4, -0.2) is 74.6 Å². The molecule has 19 heavy (non-hydrogen) atoms. The van der Waals surface area contributed by atoms with Crippen molar-refractivity contribution in [2.45, 2.75) is 25.8 Å². The fourth-order valence-electron chi connectivity index (χ4n) is 1.93. The number of ether oxygens (including phenoxy) is 1. The average Bonchev–Trinajstić information content (AvgIpc) is 2.43. The molecule has 1 saturated heterocycles. The maximum atomic E-state index is 12.1. The second-order valence-corrected chi connectivity index (χ2v) is 5.01. The van der Waals surface area contributed by atoms with Gasteiger partial charge < -0.3 is 19.9 Å². The Morgan fingerprint density at radius 1 is 1.32 bits per heavy atom. The molecule has 1 aliphatic rings. The monoisotopic (exact) mass is 271 g/mol. The maximum Gasteiger partial charge on any atom is 0.239 e.